The van der Waals surface area contributed by atoms with E-state index in [9.17, 15) is 9.59 Å². The summed E-state index contributed by atoms with van der Waals surface area (Å²) in [6, 6.07) is 3.61. The Morgan fingerprint density at radius 3 is 2.26 bits per heavy atom. The van der Waals surface area contributed by atoms with Crippen LogP contribution < -0.4 is 0 Å². The predicted octanol–water partition coefficient (Wildman–Crippen LogP) is 0.258. The van der Waals surface area contributed by atoms with Gasteiger partial charge in [-0.05, 0) is 19.2 Å². The molecule has 0 bridgehead atoms. The number of hydrogen-bond acceptors (Lipinski definition) is 4. The zero-order valence-corrected chi connectivity index (χ0v) is 11.9. The monoisotopic (exact) mass is 267 g/mol. The van der Waals surface area contributed by atoms with Crippen molar-refractivity contribution < 1.29 is 14.0 Å². The van der Waals surface area contributed by atoms with Gasteiger partial charge in [-0.25, -0.2) is 0 Å². The number of carbonyl (C=O) groups excluding carboxylic acids is 2. The zero-order chi connectivity index (χ0) is 14.4. The van der Waals surface area contributed by atoms with E-state index in [0.29, 0.717) is 6.54 Å². The normalized spacial score (nSPS) is 10.6. The van der Waals surface area contributed by atoms with Gasteiger partial charge in [-0.15, -0.1) is 0 Å². The molecule has 0 saturated carbocycles. The van der Waals surface area contributed by atoms with Crippen LogP contribution >= 0.6 is 0 Å². The number of carbonyl (C=O) groups is 2. The molecule has 0 radical (unpaired) electrons. The van der Waals surface area contributed by atoms with Crippen LogP contribution in [0.5, 0.6) is 0 Å². The molecule has 0 aliphatic heterocycles. The number of hydrogen-bond donors (Lipinski definition) is 0. The summed E-state index contributed by atoms with van der Waals surface area (Å²) in [6.07, 6.45) is 1.58. The summed E-state index contributed by atoms with van der Waals surface area (Å²) < 4.78 is 5.19. The molecule has 0 aliphatic rings. The molecule has 1 heterocycles. The molecular formula is C13H21N3O3. The number of nitrogens with zero attached hydrogens (tertiary/aromatic N) is 3. The number of amides is 2. The first-order valence-electron chi connectivity index (χ1n) is 6.05. The van der Waals surface area contributed by atoms with Gasteiger partial charge in [-0.2, -0.15) is 0 Å². The lowest BCUT2D eigenvalue weighted by atomic mass is 10.4. The summed E-state index contributed by atoms with van der Waals surface area (Å²) in [6.45, 7) is 0.866. The molecule has 0 fully saturated rings. The van der Waals surface area contributed by atoms with E-state index < -0.39 is 0 Å². The van der Waals surface area contributed by atoms with Crippen molar-refractivity contribution in [3.63, 3.8) is 0 Å². The largest absolute Gasteiger partial charge is 0.467 e. The van der Waals surface area contributed by atoms with E-state index >= 15 is 0 Å². The molecule has 19 heavy (non-hydrogen) atoms. The Morgan fingerprint density at radius 1 is 1.11 bits per heavy atom. The van der Waals surface area contributed by atoms with Crippen LogP contribution in [0.25, 0.3) is 0 Å². The fraction of sp³-hybridized carbons (Fsp3) is 0.538. The second-order valence-electron chi connectivity index (χ2n) is 4.79. The Bertz CT molecular complexity index is 415. The van der Waals surface area contributed by atoms with Gasteiger partial charge in [0.15, 0.2) is 0 Å². The summed E-state index contributed by atoms with van der Waals surface area (Å²) >= 11 is 0. The van der Waals surface area contributed by atoms with Crippen LogP contribution in [0.1, 0.15) is 5.76 Å². The third kappa shape index (κ3) is 5.13. The second-order valence-corrected chi connectivity index (χ2v) is 4.79. The van der Waals surface area contributed by atoms with Crippen LogP contribution in [-0.2, 0) is 16.1 Å². The van der Waals surface area contributed by atoms with Gasteiger partial charge in [0, 0.05) is 21.1 Å². The quantitative estimate of drug-likeness (QED) is 0.742. The van der Waals surface area contributed by atoms with Crippen LogP contribution in [0.3, 0.4) is 0 Å². The van der Waals surface area contributed by atoms with Gasteiger partial charge >= 0.3 is 0 Å². The highest BCUT2D eigenvalue weighted by Crippen LogP contribution is 2.04. The molecule has 0 atom stereocenters. The van der Waals surface area contributed by atoms with Crippen molar-refractivity contribution in [1.29, 1.82) is 0 Å². The molecule has 0 N–H and O–H groups in total. The molecule has 0 unspecified atom stereocenters. The third-order valence-electron chi connectivity index (χ3n) is 2.71. The average molecular weight is 267 g/mol. The maximum atomic E-state index is 11.9. The first-order chi connectivity index (χ1) is 8.90. The minimum absolute atomic E-state index is 0.0241. The predicted molar refractivity (Wildman–Crippen MR) is 71.4 cm³/mol. The second kappa shape index (κ2) is 6.94. The van der Waals surface area contributed by atoms with Crippen molar-refractivity contribution in [2.75, 3.05) is 41.3 Å². The van der Waals surface area contributed by atoms with Crippen molar-refractivity contribution >= 4 is 11.8 Å². The Balaban J connectivity index is 2.39. The molecule has 0 aliphatic carbocycles. The van der Waals surface area contributed by atoms with Crippen molar-refractivity contribution in [2.45, 2.75) is 6.54 Å². The SMILES string of the molecule is CN(CC(=O)N(C)C)CC(=O)N(C)Cc1ccco1. The maximum Gasteiger partial charge on any atom is 0.236 e. The van der Waals surface area contributed by atoms with Gasteiger partial charge < -0.3 is 14.2 Å². The Morgan fingerprint density at radius 2 is 1.74 bits per heavy atom. The molecule has 6 nitrogen and oxygen atoms in total. The minimum Gasteiger partial charge on any atom is -0.467 e. The Hall–Kier alpha value is -1.82. The number of likely N-dealkylation sites (N-methyl/N-ethyl adjacent to an activating group) is 3. The van der Waals surface area contributed by atoms with Crippen LogP contribution in [-0.4, -0.2) is 67.8 Å². The smallest absolute Gasteiger partial charge is 0.236 e. The van der Waals surface area contributed by atoms with Gasteiger partial charge in [-0.1, -0.05) is 0 Å². The van der Waals surface area contributed by atoms with E-state index in [1.54, 1.807) is 50.3 Å². The van der Waals surface area contributed by atoms with Crippen LogP contribution in [0.15, 0.2) is 22.8 Å². The fourth-order valence-electron chi connectivity index (χ4n) is 1.50. The highest BCUT2D eigenvalue weighted by atomic mass is 16.3. The molecule has 0 spiro atoms. The minimum atomic E-state index is -0.0505. The average Bonchev–Trinajstić information content (AvgIpc) is 2.81. The van der Waals surface area contributed by atoms with Crippen molar-refractivity contribution in [3.05, 3.63) is 24.2 Å². The molecule has 2 amide bonds. The van der Waals surface area contributed by atoms with Gasteiger partial charge in [0.1, 0.15) is 5.76 Å². The van der Waals surface area contributed by atoms with Gasteiger partial charge in [-0.3, -0.25) is 14.5 Å². The Labute approximate surface area is 113 Å². The van der Waals surface area contributed by atoms with E-state index in [4.69, 9.17) is 4.42 Å². The summed E-state index contributed by atoms with van der Waals surface area (Å²) in [5.41, 5.74) is 0. The summed E-state index contributed by atoms with van der Waals surface area (Å²) in [4.78, 5) is 28.2. The van der Waals surface area contributed by atoms with Crippen molar-refractivity contribution in [1.82, 2.24) is 14.7 Å². The molecule has 0 aromatic carbocycles. The lowest BCUT2D eigenvalue weighted by molar-refractivity contribution is -0.133. The van der Waals surface area contributed by atoms with E-state index in [1.807, 2.05) is 6.07 Å². The topological polar surface area (TPSA) is 57.0 Å². The fourth-order valence-corrected chi connectivity index (χ4v) is 1.50. The van der Waals surface area contributed by atoms with Gasteiger partial charge in [0.05, 0.1) is 25.9 Å². The molecule has 106 valence electrons. The molecule has 1 aromatic rings. The first-order valence-corrected chi connectivity index (χ1v) is 6.05. The van der Waals surface area contributed by atoms with Crippen molar-refractivity contribution in [2.24, 2.45) is 0 Å². The van der Waals surface area contributed by atoms with E-state index in [0.717, 1.165) is 5.76 Å². The van der Waals surface area contributed by atoms with Gasteiger partial charge in [0.2, 0.25) is 11.8 Å². The lowest BCUT2D eigenvalue weighted by Crippen LogP contribution is -2.40. The summed E-state index contributed by atoms with van der Waals surface area (Å²) in [7, 11) is 6.86. The van der Waals surface area contributed by atoms with Crippen molar-refractivity contribution in [3.8, 4) is 0 Å². The van der Waals surface area contributed by atoms with Gasteiger partial charge in [0.25, 0.3) is 0 Å². The molecule has 1 rings (SSSR count). The Kier molecular flexibility index (Phi) is 5.57. The van der Waals surface area contributed by atoms with E-state index in [-0.39, 0.29) is 24.9 Å². The molecular weight excluding hydrogens is 246 g/mol. The molecule has 1 aromatic heterocycles. The van der Waals surface area contributed by atoms with Crippen LogP contribution in [0, 0.1) is 0 Å². The standard InChI is InChI=1S/C13H21N3O3/c1-14(2)12(17)9-15(3)10-13(18)16(4)8-11-6-5-7-19-11/h5-7H,8-10H2,1-4H3. The summed E-state index contributed by atoms with van der Waals surface area (Å²) in [5, 5.41) is 0. The van der Waals surface area contributed by atoms with E-state index in [2.05, 4.69) is 0 Å². The molecule has 6 heteroatoms. The summed E-state index contributed by atoms with van der Waals surface area (Å²) in [5.74, 6) is 0.664. The lowest BCUT2D eigenvalue weighted by Gasteiger charge is -2.22. The maximum absolute atomic E-state index is 11.9. The number of rotatable bonds is 6. The first kappa shape index (κ1) is 15.2. The zero-order valence-electron chi connectivity index (χ0n) is 11.9. The van der Waals surface area contributed by atoms with Crippen LogP contribution in [0.2, 0.25) is 0 Å². The third-order valence-corrected chi connectivity index (χ3v) is 2.71. The van der Waals surface area contributed by atoms with E-state index in [1.165, 1.54) is 4.90 Å². The number of furan rings is 1. The highest BCUT2D eigenvalue weighted by molar-refractivity contribution is 5.80. The van der Waals surface area contributed by atoms with Crippen LogP contribution in [0.4, 0.5) is 0 Å². The highest BCUT2D eigenvalue weighted by Gasteiger charge is 2.15. The molecule has 0 saturated heterocycles.